The molecule has 2 rings (SSSR count). The van der Waals surface area contributed by atoms with Gasteiger partial charge in [0.25, 0.3) is 0 Å². The summed E-state index contributed by atoms with van der Waals surface area (Å²) in [5, 5.41) is 0.0120. The molecule has 6 heteroatoms. The highest BCUT2D eigenvalue weighted by Crippen LogP contribution is 2.33. The summed E-state index contributed by atoms with van der Waals surface area (Å²) in [6.07, 6.45) is 3.64. The van der Waals surface area contributed by atoms with Gasteiger partial charge in [-0.1, -0.05) is 11.6 Å². The van der Waals surface area contributed by atoms with E-state index in [4.69, 9.17) is 11.6 Å². The maximum atomic E-state index is 12.0. The average Bonchev–Trinajstić information content (AvgIpc) is 3.00. The summed E-state index contributed by atoms with van der Waals surface area (Å²) in [5.74, 6) is 0.463. The molecule has 1 aromatic rings. The molecule has 1 aromatic heterocycles. The van der Waals surface area contributed by atoms with E-state index in [1.807, 2.05) is 6.92 Å². The SMILES string of the molecule is CC(NS(=O)(=O)c1cccnc1Cl)C1CC1. The number of nitrogens with one attached hydrogen (secondary N) is 1. The van der Waals surface area contributed by atoms with Crippen molar-refractivity contribution < 1.29 is 8.42 Å². The second-order valence-corrected chi connectivity index (χ2v) is 6.08. The minimum Gasteiger partial charge on any atom is -0.243 e. The molecule has 0 spiro atoms. The molecule has 0 radical (unpaired) electrons. The van der Waals surface area contributed by atoms with Gasteiger partial charge in [-0.3, -0.25) is 0 Å². The molecule has 88 valence electrons. The second-order valence-electron chi connectivity index (χ2n) is 4.04. The first kappa shape index (κ1) is 11.8. The first-order chi connectivity index (χ1) is 7.50. The zero-order valence-electron chi connectivity index (χ0n) is 8.85. The molecule has 1 heterocycles. The minimum absolute atomic E-state index is 0.0120. The highest BCUT2D eigenvalue weighted by atomic mass is 35.5. The standard InChI is InChI=1S/C10H13ClN2O2S/c1-7(8-4-5-8)13-16(14,15)9-3-2-6-12-10(9)11/h2-3,6-8,13H,4-5H2,1H3. The zero-order chi connectivity index (χ0) is 11.8. The van der Waals surface area contributed by atoms with E-state index in [2.05, 4.69) is 9.71 Å². The number of pyridine rings is 1. The fraction of sp³-hybridized carbons (Fsp3) is 0.500. The van der Waals surface area contributed by atoms with Gasteiger partial charge in [0, 0.05) is 12.2 Å². The van der Waals surface area contributed by atoms with Crippen LogP contribution in [-0.2, 0) is 10.0 Å². The Hall–Kier alpha value is -0.650. The molecule has 1 N–H and O–H groups in total. The molecule has 1 aliphatic rings. The maximum absolute atomic E-state index is 12.0. The maximum Gasteiger partial charge on any atom is 0.243 e. The van der Waals surface area contributed by atoms with Gasteiger partial charge in [0.2, 0.25) is 10.0 Å². The molecule has 1 aliphatic carbocycles. The second kappa shape index (κ2) is 4.31. The van der Waals surface area contributed by atoms with Crippen molar-refractivity contribution in [2.75, 3.05) is 0 Å². The van der Waals surface area contributed by atoms with Crippen LogP contribution in [0.1, 0.15) is 19.8 Å². The van der Waals surface area contributed by atoms with Crippen LogP contribution in [0, 0.1) is 5.92 Å². The van der Waals surface area contributed by atoms with Gasteiger partial charge in [0.05, 0.1) is 0 Å². The Kier molecular flexibility index (Phi) is 3.19. The molecule has 1 saturated carbocycles. The largest absolute Gasteiger partial charge is 0.243 e. The molecule has 0 bridgehead atoms. The van der Waals surface area contributed by atoms with E-state index in [9.17, 15) is 8.42 Å². The lowest BCUT2D eigenvalue weighted by atomic mass is 10.2. The number of aromatic nitrogens is 1. The third-order valence-corrected chi connectivity index (χ3v) is 4.69. The van der Waals surface area contributed by atoms with E-state index in [1.165, 1.54) is 12.3 Å². The monoisotopic (exact) mass is 260 g/mol. The lowest BCUT2D eigenvalue weighted by molar-refractivity contribution is 0.538. The van der Waals surface area contributed by atoms with Gasteiger partial charge < -0.3 is 0 Å². The van der Waals surface area contributed by atoms with E-state index in [-0.39, 0.29) is 16.1 Å². The van der Waals surface area contributed by atoms with Crippen molar-refractivity contribution in [2.45, 2.75) is 30.7 Å². The summed E-state index contributed by atoms with van der Waals surface area (Å²) < 4.78 is 26.5. The Morgan fingerprint density at radius 2 is 2.25 bits per heavy atom. The fourth-order valence-electron chi connectivity index (χ4n) is 1.57. The van der Waals surface area contributed by atoms with Crippen LogP contribution in [0.2, 0.25) is 5.15 Å². The Bertz CT molecular complexity index is 485. The smallest absolute Gasteiger partial charge is 0.243 e. The van der Waals surface area contributed by atoms with Crippen LogP contribution < -0.4 is 4.72 Å². The van der Waals surface area contributed by atoms with E-state index in [1.54, 1.807) is 6.07 Å². The van der Waals surface area contributed by atoms with Gasteiger partial charge in [-0.25, -0.2) is 18.1 Å². The summed E-state index contributed by atoms with van der Waals surface area (Å²) >= 11 is 5.76. The molecule has 1 fully saturated rings. The molecule has 0 amide bonds. The van der Waals surface area contributed by atoms with Crippen LogP contribution in [0.5, 0.6) is 0 Å². The Morgan fingerprint density at radius 1 is 1.56 bits per heavy atom. The molecule has 0 aliphatic heterocycles. The fourth-order valence-corrected chi connectivity index (χ4v) is 3.34. The van der Waals surface area contributed by atoms with E-state index in [0.29, 0.717) is 5.92 Å². The highest BCUT2D eigenvalue weighted by molar-refractivity contribution is 7.89. The van der Waals surface area contributed by atoms with Crippen molar-refractivity contribution >= 4 is 21.6 Å². The summed E-state index contributed by atoms with van der Waals surface area (Å²) in [6, 6.07) is 2.97. The Labute approximate surface area is 100 Å². The van der Waals surface area contributed by atoms with Gasteiger partial charge in [-0.05, 0) is 37.8 Å². The van der Waals surface area contributed by atoms with Crippen LogP contribution in [0.4, 0.5) is 0 Å². The van der Waals surface area contributed by atoms with Crippen molar-refractivity contribution in [1.82, 2.24) is 9.71 Å². The number of rotatable bonds is 4. The van der Waals surface area contributed by atoms with Gasteiger partial charge in [0.1, 0.15) is 10.0 Å². The lowest BCUT2D eigenvalue weighted by Crippen LogP contribution is -2.34. The molecular formula is C10H13ClN2O2S. The summed E-state index contributed by atoms with van der Waals surface area (Å²) in [6.45, 7) is 1.87. The van der Waals surface area contributed by atoms with Crippen molar-refractivity contribution in [3.63, 3.8) is 0 Å². The quantitative estimate of drug-likeness (QED) is 0.840. The van der Waals surface area contributed by atoms with Crippen LogP contribution in [0.3, 0.4) is 0 Å². The zero-order valence-corrected chi connectivity index (χ0v) is 10.4. The third kappa shape index (κ3) is 2.53. The number of halogens is 1. The normalized spacial score (nSPS) is 18.4. The molecule has 0 saturated heterocycles. The first-order valence-corrected chi connectivity index (χ1v) is 6.99. The Morgan fingerprint density at radius 3 is 2.81 bits per heavy atom. The molecule has 16 heavy (non-hydrogen) atoms. The van der Waals surface area contributed by atoms with Crippen LogP contribution in [-0.4, -0.2) is 19.4 Å². The van der Waals surface area contributed by atoms with Crippen molar-refractivity contribution in [3.05, 3.63) is 23.5 Å². The Balaban J connectivity index is 2.21. The summed E-state index contributed by atoms with van der Waals surface area (Å²) in [4.78, 5) is 3.80. The van der Waals surface area contributed by atoms with E-state index in [0.717, 1.165) is 12.8 Å². The van der Waals surface area contributed by atoms with Crippen LogP contribution >= 0.6 is 11.6 Å². The van der Waals surface area contributed by atoms with Crippen molar-refractivity contribution in [1.29, 1.82) is 0 Å². The average molecular weight is 261 g/mol. The van der Waals surface area contributed by atoms with E-state index < -0.39 is 10.0 Å². The predicted octanol–water partition coefficient (Wildman–Crippen LogP) is 1.81. The van der Waals surface area contributed by atoms with Crippen molar-refractivity contribution in [3.8, 4) is 0 Å². The molecule has 1 unspecified atom stereocenters. The van der Waals surface area contributed by atoms with Gasteiger partial charge in [-0.15, -0.1) is 0 Å². The highest BCUT2D eigenvalue weighted by Gasteiger charge is 2.31. The lowest BCUT2D eigenvalue weighted by Gasteiger charge is -2.13. The summed E-state index contributed by atoms with van der Waals surface area (Å²) in [5.41, 5.74) is 0. The van der Waals surface area contributed by atoms with Crippen LogP contribution in [0.15, 0.2) is 23.2 Å². The number of hydrogen-bond donors (Lipinski definition) is 1. The van der Waals surface area contributed by atoms with Gasteiger partial charge >= 0.3 is 0 Å². The minimum atomic E-state index is -3.54. The first-order valence-electron chi connectivity index (χ1n) is 5.13. The van der Waals surface area contributed by atoms with Crippen LogP contribution in [0.25, 0.3) is 0 Å². The summed E-state index contributed by atoms with van der Waals surface area (Å²) in [7, 11) is -3.54. The molecule has 4 nitrogen and oxygen atoms in total. The molecular weight excluding hydrogens is 248 g/mol. The number of sulfonamides is 1. The predicted molar refractivity (Wildman–Crippen MR) is 61.8 cm³/mol. The third-order valence-electron chi connectivity index (χ3n) is 2.68. The molecule has 1 atom stereocenters. The number of hydrogen-bond acceptors (Lipinski definition) is 3. The molecule has 0 aromatic carbocycles. The topological polar surface area (TPSA) is 59.1 Å². The van der Waals surface area contributed by atoms with Crippen molar-refractivity contribution in [2.24, 2.45) is 5.92 Å². The van der Waals surface area contributed by atoms with Gasteiger partial charge in [-0.2, -0.15) is 0 Å². The van der Waals surface area contributed by atoms with Gasteiger partial charge in [0.15, 0.2) is 0 Å². The van der Waals surface area contributed by atoms with E-state index >= 15 is 0 Å². The number of nitrogens with zero attached hydrogens (tertiary/aromatic N) is 1.